The van der Waals surface area contributed by atoms with Crippen molar-refractivity contribution in [3.63, 3.8) is 0 Å². The molecule has 0 heterocycles. The van der Waals surface area contributed by atoms with E-state index in [1.165, 1.54) is 4.90 Å². The third-order valence-corrected chi connectivity index (χ3v) is 3.92. The molecule has 0 radical (unpaired) electrons. The van der Waals surface area contributed by atoms with Gasteiger partial charge < -0.3 is 10.5 Å². The molecule has 1 unspecified atom stereocenters. The van der Waals surface area contributed by atoms with Crippen LogP contribution < -0.4 is 10.5 Å². The Morgan fingerprint density at radius 1 is 1.05 bits per heavy atom. The van der Waals surface area contributed by atoms with Crippen molar-refractivity contribution in [1.29, 1.82) is 0 Å². The quantitative estimate of drug-likeness (QED) is 0.811. The van der Waals surface area contributed by atoms with Crippen LogP contribution in [0, 0.1) is 0 Å². The van der Waals surface area contributed by atoms with Crippen molar-refractivity contribution in [2.45, 2.75) is 17.9 Å². The first kappa shape index (κ1) is 14.0. The predicted molar refractivity (Wildman–Crippen MR) is 81.7 cm³/mol. The highest BCUT2D eigenvalue weighted by Gasteiger charge is 2.06. The lowest BCUT2D eigenvalue weighted by Gasteiger charge is -2.12. The van der Waals surface area contributed by atoms with E-state index in [1.807, 2.05) is 49.4 Å². The number of benzene rings is 2. The lowest BCUT2D eigenvalue weighted by Crippen LogP contribution is -2.12. The molecule has 100 valence electrons. The van der Waals surface area contributed by atoms with Gasteiger partial charge in [0.2, 0.25) is 0 Å². The van der Waals surface area contributed by atoms with Gasteiger partial charge in [-0.05, 0) is 36.8 Å². The largest absolute Gasteiger partial charge is 0.494 e. The molecule has 0 amide bonds. The van der Waals surface area contributed by atoms with Gasteiger partial charge in [0.25, 0.3) is 0 Å². The zero-order chi connectivity index (χ0) is 13.5. The summed E-state index contributed by atoms with van der Waals surface area (Å²) in [7, 11) is 0. The van der Waals surface area contributed by atoms with Crippen LogP contribution in [0.2, 0.25) is 0 Å². The topological polar surface area (TPSA) is 35.2 Å². The van der Waals surface area contributed by atoms with Crippen LogP contribution in [-0.2, 0) is 0 Å². The fourth-order valence-corrected chi connectivity index (χ4v) is 2.69. The maximum absolute atomic E-state index is 6.21. The average Bonchev–Trinajstić information content (AvgIpc) is 2.47. The van der Waals surface area contributed by atoms with Crippen LogP contribution in [0.3, 0.4) is 0 Å². The van der Waals surface area contributed by atoms with Crippen molar-refractivity contribution in [3.05, 3.63) is 60.2 Å². The van der Waals surface area contributed by atoms with E-state index in [1.54, 1.807) is 11.8 Å². The Bertz CT molecular complexity index is 484. The van der Waals surface area contributed by atoms with Gasteiger partial charge in [-0.25, -0.2) is 0 Å². The van der Waals surface area contributed by atoms with Crippen LogP contribution >= 0.6 is 11.8 Å². The fraction of sp³-hybridized carbons (Fsp3) is 0.250. The molecule has 0 saturated carbocycles. The molecule has 19 heavy (non-hydrogen) atoms. The normalized spacial score (nSPS) is 12.1. The molecule has 1 atom stereocenters. The Kier molecular flexibility index (Phi) is 5.31. The number of rotatable bonds is 6. The summed E-state index contributed by atoms with van der Waals surface area (Å²) in [5.74, 6) is 1.77. The first-order valence-corrected chi connectivity index (χ1v) is 7.44. The van der Waals surface area contributed by atoms with E-state index in [2.05, 4.69) is 12.1 Å². The summed E-state index contributed by atoms with van der Waals surface area (Å²) in [6.07, 6.45) is 0. The average molecular weight is 273 g/mol. The number of hydrogen-bond acceptors (Lipinski definition) is 3. The van der Waals surface area contributed by atoms with Gasteiger partial charge >= 0.3 is 0 Å². The highest BCUT2D eigenvalue weighted by Crippen LogP contribution is 2.24. The second-order valence-corrected chi connectivity index (χ2v) is 5.33. The van der Waals surface area contributed by atoms with Crippen molar-refractivity contribution < 1.29 is 4.74 Å². The van der Waals surface area contributed by atoms with E-state index in [0.29, 0.717) is 6.61 Å². The number of thioether (sulfide) groups is 1. The van der Waals surface area contributed by atoms with Crippen LogP contribution in [-0.4, -0.2) is 12.4 Å². The Labute approximate surface area is 119 Å². The molecular weight excluding hydrogens is 254 g/mol. The fourth-order valence-electron chi connectivity index (χ4n) is 1.78. The van der Waals surface area contributed by atoms with Gasteiger partial charge in [-0.2, -0.15) is 0 Å². The monoisotopic (exact) mass is 273 g/mol. The van der Waals surface area contributed by atoms with Crippen LogP contribution in [0.1, 0.15) is 18.5 Å². The lowest BCUT2D eigenvalue weighted by molar-refractivity contribution is 0.340. The van der Waals surface area contributed by atoms with Gasteiger partial charge in [0.15, 0.2) is 0 Å². The molecule has 0 saturated heterocycles. The number of hydrogen-bond donors (Lipinski definition) is 1. The van der Waals surface area contributed by atoms with Gasteiger partial charge in [-0.15, -0.1) is 11.8 Å². The Morgan fingerprint density at radius 2 is 1.74 bits per heavy atom. The van der Waals surface area contributed by atoms with Crippen LogP contribution in [0.25, 0.3) is 0 Å². The van der Waals surface area contributed by atoms with E-state index in [9.17, 15) is 0 Å². The van der Waals surface area contributed by atoms with Crippen molar-refractivity contribution in [1.82, 2.24) is 0 Å². The van der Waals surface area contributed by atoms with Gasteiger partial charge in [-0.1, -0.05) is 30.3 Å². The molecule has 2 nitrogen and oxygen atoms in total. The third kappa shape index (κ3) is 4.30. The number of ether oxygens (including phenoxy) is 1. The van der Waals surface area contributed by atoms with Gasteiger partial charge in [0.05, 0.1) is 6.61 Å². The minimum Gasteiger partial charge on any atom is -0.494 e. The van der Waals surface area contributed by atoms with E-state index >= 15 is 0 Å². The second kappa shape index (κ2) is 7.22. The van der Waals surface area contributed by atoms with E-state index < -0.39 is 0 Å². The summed E-state index contributed by atoms with van der Waals surface area (Å²) in [5.41, 5.74) is 7.35. The third-order valence-electron chi connectivity index (χ3n) is 2.79. The first-order valence-electron chi connectivity index (χ1n) is 6.46. The van der Waals surface area contributed by atoms with Crippen molar-refractivity contribution in [3.8, 4) is 5.75 Å². The lowest BCUT2D eigenvalue weighted by atomic mass is 10.1. The molecule has 0 spiro atoms. The highest BCUT2D eigenvalue weighted by molar-refractivity contribution is 7.99. The Hall–Kier alpha value is -1.45. The smallest absolute Gasteiger partial charge is 0.119 e. The molecule has 3 heteroatoms. The predicted octanol–water partition coefficient (Wildman–Crippen LogP) is 3.88. The van der Waals surface area contributed by atoms with Crippen LogP contribution in [0.15, 0.2) is 59.5 Å². The summed E-state index contributed by atoms with van der Waals surface area (Å²) >= 11 is 1.78. The molecule has 2 N–H and O–H groups in total. The zero-order valence-corrected chi connectivity index (χ0v) is 11.9. The summed E-state index contributed by atoms with van der Waals surface area (Å²) in [5, 5.41) is 0. The van der Waals surface area contributed by atoms with Crippen molar-refractivity contribution >= 4 is 11.8 Å². The van der Waals surface area contributed by atoms with E-state index in [-0.39, 0.29) is 6.04 Å². The Balaban J connectivity index is 1.90. The molecule has 0 aliphatic heterocycles. The van der Waals surface area contributed by atoms with Gasteiger partial charge in [-0.3, -0.25) is 0 Å². The summed E-state index contributed by atoms with van der Waals surface area (Å²) in [6, 6.07) is 18.4. The van der Waals surface area contributed by atoms with Crippen molar-refractivity contribution in [2.75, 3.05) is 12.4 Å². The minimum atomic E-state index is 0.0425. The van der Waals surface area contributed by atoms with Gasteiger partial charge in [0, 0.05) is 16.7 Å². The minimum absolute atomic E-state index is 0.0425. The van der Waals surface area contributed by atoms with Crippen molar-refractivity contribution in [2.24, 2.45) is 5.73 Å². The Morgan fingerprint density at radius 3 is 2.37 bits per heavy atom. The molecule has 0 aromatic heterocycles. The molecular formula is C16H19NOS. The zero-order valence-electron chi connectivity index (χ0n) is 11.1. The maximum atomic E-state index is 6.21. The van der Waals surface area contributed by atoms with E-state index in [4.69, 9.17) is 10.5 Å². The van der Waals surface area contributed by atoms with E-state index in [0.717, 1.165) is 17.1 Å². The second-order valence-electron chi connectivity index (χ2n) is 4.23. The SMILES string of the molecule is CCOc1ccc(C(N)CSc2ccccc2)cc1. The van der Waals surface area contributed by atoms with Gasteiger partial charge in [0.1, 0.15) is 5.75 Å². The first-order chi connectivity index (χ1) is 9.29. The summed E-state index contributed by atoms with van der Waals surface area (Å²) in [4.78, 5) is 1.25. The molecule has 2 aromatic rings. The van der Waals surface area contributed by atoms with Crippen LogP contribution in [0.4, 0.5) is 0 Å². The molecule has 2 rings (SSSR count). The maximum Gasteiger partial charge on any atom is 0.119 e. The molecule has 0 fully saturated rings. The standard InChI is InChI=1S/C16H19NOS/c1-2-18-14-10-8-13(9-11-14)16(17)12-19-15-6-4-3-5-7-15/h3-11,16H,2,12,17H2,1H3. The molecule has 0 bridgehead atoms. The summed E-state index contributed by atoms with van der Waals surface area (Å²) in [6.45, 7) is 2.67. The summed E-state index contributed by atoms with van der Waals surface area (Å²) < 4.78 is 5.42. The molecule has 0 aliphatic carbocycles. The van der Waals surface area contributed by atoms with Crippen LogP contribution in [0.5, 0.6) is 5.75 Å². The highest BCUT2D eigenvalue weighted by atomic mass is 32.2. The molecule has 0 aliphatic rings. The number of nitrogens with two attached hydrogens (primary N) is 1. The molecule has 2 aromatic carbocycles.